The average Bonchev–Trinajstić information content (AvgIpc) is 3.36. The first-order chi connectivity index (χ1) is 33.5. The summed E-state index contributed by atoms with van der Waals surface area (Å²) in [6.07, 6.45) is 24.6. The van der Waals surface area contributed by atoms with Gasteiger partial charge in [0, 0.05) is 59.5 Å². The fourth-order valence-corrected chi connectivity index (χ4v) is 10.9. The third kappa shape index (κ3) is 11.7. The quantitative estimate of drug-likeness (QED) is 0.0302. The van der Waals surface area contributed by atoms with Gasteiger partial charge < -0.3 is 14.9 Å². The molecule has 0 spiro atoms. The largest absolute Gasteiger partial charge is 0.511 e. The standard InChI is InChI=1S/C63H78N4O/c1-5-9-13-17-25-37-66(38-26-18-14-10-6-2)58-35-33-52(54-41-47-29-21-23-31-49(47)43-56(54)58)61-60(51(45-64)46-65)62(63(61)68)53-34-36-59(57-44-50-32-24-22-30-48(50)42-55(53)57)67(39-27-19-15-11-7-3)40-28-20-16-12-8-4/h21-24,29-36,41-44,61,68H,5-20,25-28,37-40H2,1-4H3. The van der Waals surface area contributed by atoms with Crippen molar-refractivity contribution in [1.29, 1.82) is 10.5 Å². The molecule has 1 aliphatic carbocycles. The molecule has 356 valence electrons. The molecular weight excluding hydrogens is 829 g/mol. The van der Waals surface area contributed by atoms with Crippen LogP contribution in [0.1, 0.15) is 173 Å². The molecule has 6 aromatic rings. The zero-order valence-corrected chi connectivity index (χ0v) is 42.0. The fourth-order valence-electron chi connectivity index (χ4n) is 10.9. The van der Waals surface area contributed by atoms with Gasteiger partial charge in [-0.3, -0.25) is 0 Å². The summed E-state index contributed by atoms with van der Waals surface area (Å²) in [7, 11) is 0. The van der Waals surface area contributed by atoms with Gasteiger partial charge in [-0.2, -0.15) is 10.5 Å². The van der Waals surface area contributed by atoms with E-state index in [0.29, 0.717) is 11.1 Å². The van der Waals surface area contributed by atoms with Crippen molar-refractivity contribution in [3.05, 3.63) is 125 Å². The van der Waals surface area contributed by atoms with Gasteiger partial charge in [0.1, 0.15) is 23.5 Å². The predicted molar refractivity (Wildman–Crippen MR) is 293 cm³/mol. The molecule has 6 aromatic carbocycles. The van der Waals surface area contributed by atoms with Crippen LogP contribution in [0.4, 0.5) is 11.4 Å². The molecule has 0 aliphatic heterocycles. The lowest BCUT2D eigenvalue weighted by molar-refractivity contribution is 0.370. The van der Waals surface area contributed by atoms with Crippen LogP contribution in [0, 0.1) is 22.7 Å². The maximum atomic E-state index is 12.7. The zero-order chi connectivity index (χ0) is 47.7. The number of rotatable bonds is 28. The molecule has 0 heterocycles. The minimum atomic E-state index is -0.619. The van der Waals surface area contributed by atoms with Crippen LogP contribution in [0.2, 0.25) is 0 Å². The summed E-state index contributed by atoms with van der Waals surface area (Å²) in [5.74, 6) is -0.397. The Labute approximate surface area is 409 Å². The number of hydrogen-bond donors (Lipinski definition) is 1. The van der Waals surface area contributed by atoms with Gasteiger partial charge in [0.25, 0.3) is 0 Å². The van der Waals surface area contributed by atoms with Crippen molar-refractivity contribution in [1.82, 2.24) is 0 Å². The summed E-state index contributed by atoms with van der Waals surface area (Å²) < 4.78 is 0. The van der Waals surface area contributed by atoms with E-state index in [1.165, 1.54) is 125 Å². The van der Waals surface area contributed by atoms with Crippen molar-refractivity contribution in [3.63, 3.8) is 0 Å². The number of unbranched alkanes of at least 4 members (excludes halogenated alkanes) is 16. The lowest BCUT2D eigenvalue weighted by Gasteiger charge is -2.36. The minimum Gasteiger partial charge on any atom is -0.511 e. The smallest absolute Gasteiger partial charge is 0.134 e. The van der Waals surface area contributed by atoms with E-state index < -0.39 is 5.92 Å². The predicted octanol–water partition coefficient (Wildman–Crippen LogP) is 18.2. The lowest BCUT2D eigenvalue weighted by atomic mass is 9.68. The van der Waals surface area contributed by atoms with Gasteiger partial charge in [0.2, 0.25) is 0 Å². The number of hydrogen-bond acceptors (Lipinski definition) is 5. The second-order valence-corrected chi connectivity index (χ2v) is 19.6. The third-order valence-electron chi connectivity index (χ3n) is 14.7. The molecule has 7 rings (SSSR count). The Bertz CT molecular complexity index is 2720. The van der Waals surface area contributed by atoms with Crippen LogP contribution in [0.3, 0.4) is 0 Å². The molecule has 0 saturated carbocycles. The maximum absolute atomic E-state index is 12.7. The van der Waals surface area contributed by atoms with Crippen LogP contribution < -0.4 is 9.80 Å². The molecular formula is C63H78N4O. The van der Waals surface area contributed by atoms with Gasteiger partial charge in [-0.1, -0.05) is 191 Å². The zero-order valence-electron chi connectivity index (χ0n) is 42.0. The molecule has 0 aromatic heterocycles. The Kier molecular flexibility index (Phi) is 18.8. The van der Waals surface area contributed by atoms with Crippen molar-refractivity contribution in [2.45, 2.75) is 162 Å². The van der Waals surface area contributed by atoms with Crippen LogP contribution in [-0.4, -0.2) is 31.3 Å². The topological polar surface area (TPSA) is 74.3 Å². The van der Waals surface area contributed by atoms with Crippen LogP contribution in [0.5, 0.6) is 0 Å². The third-order valence-corrected chi connectivity index (χ3v) is 14.7. The molecule has 0 fully saturated rings. The highest BCUT2D eigenvalue weighted by Gasteiger charge is 2.42. The van der Waals surface area contributed by atoms with Gasteiger partial charge in [0.05, 0.1) is 5.92 Å². The average molecular weight is 907 g/mol. The number of nitriles is 2. The molecule has 0 saturated heterocycles. The summed E-state index contributed by atoms with van der Waals surface area (Å²) >= 11 is 0. The molecule has 0 radical (unpaired) electrons. The number of benzene rings is 6. The Morgan fingerprint density at radius 3 is 1.24 bits per heavy atom. The van der Waals surface area contributed by atoms with E-state index in [1.807, 2.05) is 0 Å². The first-order valence-corrected chi connectivity index (χ1v) is 26.9. The fraction of sp³-hybridized carbons (Fsp3) is 0.460. The van der Waals surface area contributed by atoms with E-state index in [-0.39, 0.29) is 11.3 Å². The summed E-state index contributed by atoms with van der Waals surface area (Å²) in [6, 6.07) is 39.8. The Balaban J connectivity index is 1.37. The number of nitrogens with zero attached hydrogens (tertiary/aromatic N) is 4. The maximum Gasteiger partial charge on any atom is 0.134 e. The Morgan fingerprint density at radius 1 is 0.456 bits per heavy atom. The normalized spacial score (nSPS) is 13.6. The molecule has 0 bridgehead atoms. The van der Waals surface area contributed by atoms with E-state index in [0.717, 1.165) is 95.3 Å². The first kappa shape index (κ1) is 50.1. The van der Waals surface area contributed by atoms with Crippen molar-refractivity contribution in [2.24, 2.45) is 0 Å². The van der Waals surface area contributed by atoms with Gasteiger partial charge in [-0.05, 0) is 106 Å². The summed E-state index contributed by atoms with van der Waals surface area (Å²) in [5.41, 5.74) is 5.54. The van der Waals surface area contributed by atoms with Crippen molar-refractivity contribution in [2.75, 3.05) is 36.0 Å². The highest BCUT2D eigenvalue weighted by atomic mass is 16.3. The molecule has 5 nitrogen and oxygen atoms in total. The molecule has 5 heteroatoms. The van der Waals surface area contributed by atoms with Gasteiger partial charge in [-0.25, -0.2) is 0 Å². The van der Waals surface area contributed by atoms with Crippen molar-refractivity contribution < 1.29 is 5.11 Å². The highest BCUT2D eigenvalue weighted by Crippen LogP contribution is 2.56. The first-order valence-electron chi connectivity index (χ1n) is 26.9. The van der Waals surface area contributed by atoms with Crippen LogP contribution >= 0.6 is 0 Å². The van der Waals surface area contributed by atoms with Crippen molar-refractivity contribution >= 4 is 60.0 Å². The molecule has 0 amide bonds. The summed E-state index contributed by atoms with van der Waals surface area (Å²) in [6.45, 7) is 13.1. The lowest BCUT2D eigenvalue weighted by Crippen LogP contribution is -2.27. The van der Waals surface area contributed by atoms with Gasteiger partial charge in [0.15, 0.2) is 0 Å². The Hall–Kier alpha value is -5.78. The second kappa shape index (κ2) is 25.5. The van der Waals surface area contributed by atoms with Crippen LogP contribution in [0.15, 0.2) is 114 Å². The molecule has 1 aliphatic rings. The number of aliphatic hydroxyl groups is 1. The monoisotopic (exact) mass is 907 g/mol. The second-order valence-electron chi connectivity index (χ2n) is 19.6. The van der Waals surface area contributed by atoms with E-state index in [2.05, 4.69) is 147 Å². The summed E-state index contributed by atoms with van der Waals surface area (Å²) in [4.78, 5) is 5.23. The van der Waals surface area contributed by atoms with Gasteiger partial charge >= 0.3 is 0 Å². The van der Waals surface area contributed by atoms with E-state index >= 15 is 0 Å². The van der Waals surface area contributed by atoms with Crippen molar-refractivity contribution in [3.8, 4) is 12.1 Å². The van der Waals surface area contributed by atoms with Crippen LogP contribution in [0.25, 0.3) is 48.7 Å². The number of allylic oxidation sites excluding steroid dienone is 3. The SMILES string of the molecule is CCCCCCCN(CCCCCCC)c1ccc(C2=C(O)C(c3ccc(N(CCCCCCC)CCCCCCC)c4cc5ccccc5cc34)C2=C(C#N)C#N)c2cc3ccccc3cc12. The van der Waals surface area contributed by atoms with Gasteiger partial charge in [-0.15, -0.1) is 0 Å². The minimum absolute atomic E-state index is 0.0559. The van der Waals surface area contributed by atoms with E-state index in [9.17, 15) is 15.6 Å². The number of aliphatic hydroxyl groups excluding tert-OH is 1. The molecule has 1 N–H and O–H groups in total. The molecule has 1 atom stereocenters. The number of anilines is 2. The molecule has 1 unspecified atom stereocenters. The highest BCUT2D eigenvalue weighted by molar-refractivity contribution is 6.13. The van der Waals surface area contributed by atoms with E-state index in [4.69, 9.17) is 0 Å². The van der Waals surface area contributed by atoms with E-state index in [1.54, 1.807) is 0 Å². The molecule has 68 heavy (non-hydrogen) atoms. The summed E-state index contributed by atoms with van der Waals surface area (Å²) in [5, 5.41) is 43.2. The van der Waals surface area contributed by atoms with Crippen LogP contribution in [-0.2, 0) is 0 Å². The Morgan fingerprint density at radius 2 is 0.824 bits per heavy atom. The number of fused-ring (bicyclic) bond motifs is 4.